The number of hydrogen-bond donors (Lipinski definition) is 4. The lowest BCUT2D eigenvalue weighted by Gasteiger charge is -2.28. The SMILES string of the molecule is CC(C)C#CC#Cc1ccc(C(=O)N[C@H](C(=O)NO)C(C)(C)N=NN)cc1. The molecule has 0 unspecified atom stereocenters. The molecule has 8 nitrogen and oxygen atoms in total. The van der Waals surface area contributed by atoms with Crippen molar-refractivity contribution in [1.82, 2.24) is 10.8 Å². The first-order valence-corrected chi connectivity index (χ1v) is 8.19. The molecule has 1 aromatic carbocycles. The van der Waals surface area contributed by atoms with Crippen LogP contribution in [0.25, 0.3) is 0 Å². The molecule has 0 bridgehead atoms. The van der Waals surface area contributed by atoms with Gasteiger partial charge in [-0.1, -0.05) is 30.9 Å². The van der Waals surface area contributed by atoms with Crippen molar-refractivity contribution < 1.29 is 14.8 Å². The van der Waals surface area contributed by atoms with E-state index in [1.807, 2.05) is 13.8 Å². The fourth-order valence-corrected chi connectivity index (χ4v) is 2.04. The molecule has 2 amide bonds. The van der Waals surface area contributed by atoms with Crippen LogP contribution < -0.4 is 16.6 Å². The van der Waals surface area contributed by atoms with Gasteiger partial charge in [0.25, 0.3) is 11.8 Å². The first kappa shape index (κ1) is 21.7. The van der Waals surface area contributed by atoms with E-state index in [9.17, 15) is 9.59 Å². The summed E-state index contributed by atoms with van der Waals surface area (Å²) in [6.07, 6.45) is 0. The van der Waals surface area contributed by atoms with Crippen LogP contribution in [-0.4, -0.2) is 28.6 Å². The minimum Gasteiger partial charge on any atom is -0.338 e. The van der Waals surface area contributed by atoms with Gasteiger partial charge in [-0.15, -0.1) is 0 Å². The molecule has 142 valence electrons. The molecular formula is C19H23N5O3. The number of nitrogens with two attached hydrogens (primary N) is 1. The fourth-order valence-electron chi connectivity index (χ4n) is 2.04. The molecule has 0 fully saturated rings. The summed E-state index contributed by atoms with van der Waals surface area (Å²) in [5.41, 5.74) is 1.35. The molecule has 1 atom stereocenters. The molecule has 5 N–H and O–H groups in total. The van der Waals surface area contributed by atoms with Crippen LogP contribution in [0.4, 0.5) is 0 Å². The van der Waals surface area contributed by atoms with Gasteiger partial charge in [-0.2, -0.15) is 5.11 Å². The molecule has 0 aromatic heterocycles. The molecule has 0 aliphatic carbocycles. The van der Waals surface area contributed by atoms with Crippen LogP contribution in [0.3, 0.4) is 0 Å². The lowest BCUT2D eigenvalue weighted by Crippen LogP contribution is -2.56. The van der Waals surface area contributed by atoms with Crippen LogP contribution in [0.5, 0.6) is 0 Å². The van der Waals surface area contributed by atoms with Crippen LogP contribution in [0, 0.1) is 29.6 Å². The van der Waals surface area contributed by atoms with Gasteiger partial charge in [-0.25, -0.2) is 5.48 Å². The number of hydroxylamine groups is 1. The molecule has 0 radical (unpaired) electrons. The zero-order chi connectivity index (χ0) is 20.4. The van der Waals surface area contributed by atoms with Crippen molar-refractivity contribution in [3.8, 4) is 23.7 Å². The number of carbonyl (C=O) groups excluding carboxylic acids is 2. The van der Waals surface area contributed by atoms with E-state index in [-0.39, 0.29) is 5.92 Å². The largest absolute Gasteiger partial charge is 0.338 e. The summed E-state index contributed by atoms with van der Waals surface area (Å²) in [4.78, 5) is 24.3. The molecule has 0 saturated carbocycles. The molecule has 27 heavy (non-hydrogen) atoms. The Balaban J connectivity index is 2.95. The number of rotatable bonds is 5. The molecule has 8 heteroatoms. The van der Waals surface area contributed by atoms with Crippen molar-refractivity contribution in [3.05, 3.63) is 35.4 Å². The lowest BCUT2D eigenvalue weighted by molar-refractivity contribution is -0.132. The van der Waals surface area contributed by atoms with Crippen molar-refractivity contribution in [2.24, 2.45) is 22.1 Å². The van der Waals surface area contributed by atoms with Gasteiger partial charge in [0.2, 0.25) is 0 Å². The van der Waals surface area contributed by atoms with E-state index in [2.05, 4.69) is 39.3 Å². The van der Waals surface area contributed by atoms with Gasteiger partial charge in [-0.05, 0) is 50.0 Å². The van der Waals surface area contributed by atoms with E-state index in [4.69, 9.17) is 11.0 Å². The van der Waals surface area contributed by atoms with E-state index < -0.39 is 23.4 Å². The molecule has 0 aliphatic heterocycles. The standard InChI is InChI=1S/C19H23N5O3/c1-13(2)7-5-6-8-14-9-11-15(12-10-14)17(25)21-16(18(26)22-27)19(3,4)23-24-20/h9-13,16,27H,1-4H3,(H2,20,23)(H,21,25)(H,22,26)/t16-/m1/s1. The molecular weight excluding hydrogens is 346 g/mol. The maximum Gasteiger partial charge on any atom is 0.268 e. The minimum absolute atomic E-state index is 0.248. The summed E-state index contributed by atoms with van der Waals surface area (Å²) in [5.74, 6) is 15.2. The van der Waals surface area contributed by atoms with Gasteiger partial charge in [0.05, 0.1) is 0 Å². The molecule has 0 aliphatic rings. The smallest absolute Gasteiger partial charge is 0.268 e. The van der Waals surface area contributed by atoms with Crippen molar-refractivity contribution in [2.45, 2.75) is 39.3 Å². The Kier molecular flexibility index (Phi) is 7.99. The van der Waals surface area contributed by atoms with E-state index in [1.165, 1.54) is 5.48 Å². The minimum atomic E-state index is -1.19. The van der Waals surface area contributed by atoms with Crippen molar-refractivity contribution in [3.63, 3.8) is 0 Å². The number of carbonyl (C=O) groups is 2. The summed E-state index contributed by atoms with van der Waals surface area (Å²) in [6, 6.07) is 5.30. The van der Waals surface area contributed by atoms with E-state index in [0.717, 1.165) is 0 Å². The van der Waals surface area contributed by atoms with E-state index >= 15 is 0 Å². The highest BCUT2D eigenvalue weighted by Gasteiger charge is 2.37. The second-order valence-corrected chi connectivity index (χ2v) is 6.50. The van der Waals surface area contributed by atoms with Gasteiger partial charge in [0.1, 0.15) is 11.6 Å². The van der Waals surface area contributed by atoms with Crippen molar-refractivity contribution in [2.75, 3.05) is 0 Å². The molecule has 0 saturated heterocycles. The predicted octanol–water partition coefficient (Wildman–Crippen LogP) is 1.41. The zero-order valence-electron chi connectivity index (χ0n) is 15.7. The summed E-state index contributed by atoms with van der Waals surface area (Å²) in [6.45, 7) is 7.03. The first-order valence-electron chi connectivity index (χ1n) is 8.19. The summed E-state index contributed by atoms with van der Waals surface area (Å²) in [5, 5.41) is 18.3. The van der Waals surface area contributed by atoms with E-state index in [0.29, 0.717) is 11.1 Å². The van der Waals surface area contributed by atoms with Gasteiger partial charge >= 0.3 is 0 Å². The van der Waals surface area contributed by atoms with Crippen LogP contribution >= 0.6 is 0 Å². The van der Waals surface area contributed by atoms with E-state index in [1.54, 1.807) is 38.1 Å². The highest BCUT2D eigenvalue weighted by Crippen LogP contribution is 2.16. The lowest BCUT2D eigenvalue weighted by atomic mass is 9.94. The van der Waals surface area contributed by atoms with Gasteiger partial charge in [0, 0.05) is 17.0 Å². The molecule has 0 heterocycles. The monoisotopic (exact) mass is 369 g/mol. The van der Waals surface area contributed by atoms with Crippen LogP contribution in [-0.2, 0) is 4.79 Å². The third kappa shape index (κ3) is 6.81. The van der Waals surface area contributed by atoms with Crippen molar-refractivity contribution >= 4 is 11.8 Å². The van der Waals surface area contributed by atoms with Crippen LogP contribution in [0.15, 0.2) is 34.6 Å². The molecule has 1 aromatic rings. The van der Waals surface area contributed by atoms with Crippen molar-refractivity contribution in [1.29, 1.82) is 0 Å². The molecule has 1 rings (SSSR count). The van der Waals surface area contributed by atoms with Gasteiger partial charge in [0.15, 0.2) is 0 Å². The first-order chi connectivity index (χ1) is 12.7. The second kappa shape index (κ2) is 9.95. The Hall–Kier alpha value is -3.36. The maximum absolute atomic E-state index is 12.4. The summed E-state index contributed by atoms with van der Waals surface area (Å²) in [7, 11) is 0. The highest BCUT2D eigenvalue weighted by atomic mass is 16.5. The maximum atomic E-state index is 12.4. The Bertz CT molecular complexity index is 821. The Labute approximate surface area is 158 Å². The average Bonchev–Trinajstić information content (AvgIpc) is 2.62. The highest BCUT2D eigenvalue weighted by molar-refractivity contribution is 5.97. The third-order valence-electron chi connectivity index (χ3n) is 3.45. The van der Waals surface area contributed by atoms with Crippen LogP contribution in [0.2, 0.25) is 0 Å². The number of nitrogens with zero attached hydrogens (tertiary/aromatic N) is 2. The fraction of sp³-hybridized carbons (Fsp3) is 0.368. The molecule has 0 spiro atoms. The van der Waals surface area contributed by atoms with Gasteiger partial charge < -0.3 is 11.2 Å². The number of nitrogens with one attached hydrogen (secondary N) is 2. The number of hydrogen-bond acceptors (Lipinski definition) is 5. The Morgan fingerprint density at radius 1 is 1.19 bits per heavy atom. The topological polar surface area (TPSA) is 129 Å². The second-order valence-electron chi connectivity index (χ2n) is 6.50. The summed E-state index contributed by atoms with van der Waals surface area (Å²) < 4.78 is 0. The number of amides is 2. The summed E-state index contributed by atoms with van der Waals surface area (Å²) >= 11 is 0. The van der Waals surface area contributed by atoms with Gasteiger partial charge in [-0.3, -0.25) is 14.8 Å². The normalized spacial score (nSPS) is 11.8. The predicted molar refractivity (Wildman–Crippen MR) is 100 cm³/mol. The third-order valence-corrected chi connectivity index (χ3v) is 3.45. The number of benzene rings is 1. The average molecular weight is 369 g/mol. The Morgan fingerprint density at radius 2 is 1.81 bits per heavy atom. The quantitative estimate of drug-likeness (QED) is 0.205. The Morgan fingerprint density at radius 3 is 2.33 bits per heavy atom. The van der Waals surface area contributed by atoms with Crippen LogP contribution in [0.1, 0.15) is 43.6 Å². The zero-order valence-corrected chi connectivity index (χ0v) is 15.7.